The van der Waals surface area contributed by atoms with Gasteiger partial charge in [-0.1, -0.05) is 6.07 Å². The Bertz CT molecular complexity index is 1110. The molecule has 2 amide bonds. The molecule has 0 unspecified atom stereocenters. The minimum Gasteiger partial charge on any atom is -0.340 e. The summed E-state index contributed by atoms with van der Waals surface area (Å²) in [4.78, 5) is 27.2. The van der Waals surface area contributed by atoms with E-state index >= 15 is 0 Å². The van der Waals surface area contributed by atoms with E-state index in [1.807, 2.05) is 30.0 Å². The first kappa shape index (κ1) is 21.9. The number of amides is 2. The second kappa shape index (κ2) is 9.02. The van der Waals surface area contributed by atoms with Crippen molar-refractivity contribution in [1.29, 1.82) is 0 Å². The van der Waals surface area contributed by atoms with Crippen LogP contribution in [-0.4, -0.2) is 61.4 Å². The zero-order valence-electron chi connectivity index (χ0n) is 17.3. The van der Waals surface area contributed by atoms with Crippen molar-refractivity contribution in [3.63, 3.8) is 0 Å². The lowest BCUT2D eigenvalue weighted by Gasteiger charge is -2.33. The third-order valence-corrected chi connectivity index (χ3v) is 8.68. The highest BCUT2D eigenvalue weighted by Crippen LogP contribution is 2.30. The van der Waals surface area contributed by atoms with E-state index in [4.69, 9.17) is 0 Å². The first-order valence-electron chi connectivity index (χ1n) is 10.3. The summed E-state index contributed by atoms with van der Waals surface area (Å²) in [5, 5.41) is 2.82. The Hall–Kier alpha value is -2.36. The standard InChI is InChI=1S/C22H25N3O4S2/c1-16(26)24-9-11-25(12-10-24)31(28,29)20-6-2-5-19(15-20)23-22(27)18-7-8-21-17(14-18)4-3-13-30-21/h2,5-8,14-15H,3-4,9-13H2,1H3,(H,23,27). The van der Waals surface area contributed by atoms with Gasteiger partial charge in [-0.3, -0.25) is 9.59 Å². The average molecular weight is 460 g/mol. The molecule has 31 heavy (non-hydrogen) atoms. The molecule has 0 bridgehead atoms. The van der Waals surface area contributed by atoms with Gasteiger partial charge in [-0.15, -0.1) is 11.8 Å². The van der Waals surface area contributed by atoms with E-state index in [-0.39, 0.29) is 29.8 Å². The number of aryl methyl sites for hydroxylation is 1. The van der Waals surface area contributed by atoms with Crippen molar-refractivity contribution in [2.24, 2.45) is 0 Å². The fourth-order valence-corrected chi connectivity index (χ4v) is 6.32. The largest absolute Gasteiger partial charge is 0.340 e. The molecule has 0 aliphatic carbocycles. The van der Waals surface area contributed by atoms with Crippen LogP contribution in [0.1, 0.15) is 29.3 Å². The van der Waals surface area contributed by atoms with E-state index < -0.39 is 10.0 Å². The van der Waals surface area contributed by atoms with Gasteiger partial charge in [-0.2, -0.15) is 4.31 Å². The second-order valence-corrected chi connectivity index (χ2v) is 10.7. The lowest BCUT2D eigenvalue weighted by Crippen LogP contribution is -2.49. The molecule has 0 saturated carbocycles. The van der Waals surface area contributed by atoms with Crippen LogP contribution in [0.2, 0.25) is 0 Å². The summed E-state index contributed by atoms with van der Waals surface area (Å²) < 4.78 is 27.5. The highest BCUT2D eigenvalue weighted by molar-refractivity contribution is 7.99. The maximum Gasteiger partial charge on any atom is 0.255 e. The molecule has 2 aliphatic heterocycles. The fourth-order valence-electron chi connectivity index (χ4n) is 3.83. The summed E-state index contributed by atoms with van der Waals surface area (Å²) in [6.07, 6.45) is 2.07. The van der Waals surface area contributed by atoms with Crippen molar-refractivity contribution in [3.8, 4) is 0 Å². The first-order chi connectivity index (χ1) is 14.8. The van der Waals surface area contributed by atoms with E-state index in [0.717, 1.165) is 18.6 Å². The predicted octanol–water partition coefficient (Wildman–Crippen LogP) is 2.83. The summed E-state index contributed by atoms with van der Waals surface area (Å²) in [5.74, 6) is 0.786. The number of anilines is 1. The Balaban J connectivity index is 1.48. The molecule has 1 N–H and O–H groups in total. The summed E-state index contributed by atoms with van der Waals surface area (Å²) >= 11 is 1.81. The van der Waals surface area contributed by atoms with Crippen molar-refractivity contribution in [1.82, 2.24) is 9.21 Å². The molecule has 9 heteroatoms. The quantitative estimate of drug-likeness (QED) is 0.760. The molecule has 1 saturated heterocycles. The number of hydrogen-bond acceptors (Lipinski definition) is 5. The van der Waals surface area contributed by atoms with Gasteiger partial charge in [0.2, 0.25) is 15.9 Å². The molecule has 1 fully saturated rings. The van der Waals surface area contributed by atoms with Gasteiger partial charge in [0, 0.05) is 49.2 Å². The Kier molecular flexibility index (Phi) is 6.36. The summed E-state index contributed by atoms with van der Waals surface area (Å²) in [7, 11) is -3.70. The van der Waals surface area contributed by atoms with Crippen molar-refractivity contribution < 1.29 is 18.0 Å². The van der Waals surface area contributed by atoms with Crippen LogP contribution >= 0.6 is 11.8 Å². The van der Waals surface area contributed by atoms with Crippen LogP contribution in [0, 0.1) is 0 Å². The number of benzene rings is 2. The van der Waals surface area contributed by atoms with E-state index in [2.05, 4.69) is 5.32 Å². The van der Waals surface area contributed by atoms with Crippen LogP contribution in [0.15, 0.2) is 52.3 Å². The molecular formula is C22H25N3O4S2. The van der Waals surface area contributed by atoms with Gasteiger partial charge in [0.1, 0.15) is 0 Å². The Morgan fingerprint density at radius 2 is 1.81 bits per heavy atom. The lowest BCUT2D eigenvalue weighted by atomic mass is 10.1. The van der Waals surface area contributed by atoms with Crippen LogP contribution in [0.4, 0.5) is 5.69 Å². The summed E-state index contributed by atoms with van der Waals surface area (Å²) in [5.41, 5.74) is 2.18. The second-order valence-electron chi connectivity index (χ2n) is 7.67. The Labute approximate surface area is 186 Å². The third-order valence-electron chi connectivity index (χ3n) is 5.58. The number of piperazine rings is 1. The van der Waals surface area contributed by atoms with E-state index in [1.165, 1.54) is 33.8 Å². The number of fused-ring (bicyclic) bond motifs is 1. The maximum atomic E-state index is 13.0. The van der Waals surface area contributed by atoms with Gasteiger partial charge in [-0.25, -0.2) is 8.42 Å². The first-order valence-corrected chi connectivity index (χ1v) is 12.7. The Morgan fingerprint density at radius 3 is 2.55 bits per heavy atom. The highest BCUT2D eigenvalue weighted by Gasteiger charge is 2.29. The molecule has 2 aromatic rings. The van der Waals surface area contributed by atoms with E-state index in [9.17, 15) is 18.0 Å². The molecule has 164 valence electrons. The van der Waals surface area contributed by atoms with Gasteiger partial charge in [0.15, 0.2) is 0 Å². The molecule has 0 spiro atoms. The number of thioether (sulfide) groups is 1. The highest BCUT2D eigenvalue weighted by atomic mass is 32.2. The molecular weight excluding hydrogens is 434 g/mol. The van der Waals surface area contributed by atoms with Gasteiger partial charge >= 0.3 is 0 Å². The maximum absolute atomic E-state index is 13.0. The number of sulfonamides is 1. The SMILES string of the molecule is CC(=O)N1CCN(S(=O)(=O)c2cccc(NC(=O)c3ccc4c(c3)CCCS4)c2)CC1. The number of carbonyl (C=O) groups is 2. The molecule has 4 rings (SSSR count). The molecule has 2 aliphatic rings. The summed E-state index contributed by atoms with van der Waals surface area (Å²) in [6, 6.07) is 12.0. The minimum absolute atomic E-state index is 0.0532. The minimum atomic E-state index is -3.70. The van der Waals surface area contributed by atoms with Crippen LogP contribution in [-0.2, 0) is 21.2 Å². The van der Waals surface area contributed by atoms with Crippen molar-refractivity contribution in [3.05, 3.63) is 53.6 Å². The molecule has 2 heterocycles. The average Bonchev–Trinajstić information content (AvgIpc) is 2.79. The topological polar surface area (TPSA) is 86.8 Å². The predicted molar refractivity (Wildman–Crippen MR) is 121 cm³/mol. The molecule has 2 aromatic carbocycles. The van der Waals surface area contributed by atoms with Crippen LogP contribution in [0.3, 0.4) is 0 Å². The van der Waals surface area contributed by atoms with Gasteiger partial charge in [-0.05, 0) is 60.6 Å². The van der Waals surface area contributed by atoms with Gasteiger partial charge < -0.3 is 10.2 Å². The number of carbonyl (C=O) groups excluding carboxylic acids is 2. The fraction of sp³-hybridized carbons (Fsp3) is 0.364. The molecule has 0 aromatic heterocycles. The van der Waals surface area contributed by atoms with Gasteiger partial charge in [0.05, 0.1) is 4.90 Å². The van der Waals surface area contributed by atoms with E-state index in [1.54, 1.807) is 17.0 Å². The monoisotopic (exact) mass is 459 g/mol. The van der Waals surface area contributed by atoms with Crippen molar-refractivity contribution in [2.45, 2.75) is 29.6 Å². The zero-order valence-corrected chi connectivity index (χ0v) is 19.0. The number of rotatable bonds is 4. The Morgan fingerprint density at radius 1 is 1.03 bits per heavy atom. The zero-order chi connectivity index (χ0) is 22.0. The van der Waals surface area contributed by atoms with E-state index in [0.29, 0.717) is 24.3 Å². The smallest absolute Gasteiger partial charge is 0.255 e. The van der Waals surface area contributed by atoms with Crippen LogP contribution in [0.5, 0.6) is 0 Å². The molecule has 0 radical (unpaired) electrons. The van der Waals surface area contributed by atoms with Crippen molar-refractivity contribution >= 4 is 39.3 Å². The van der Waals surface area contributed by atoms with Gasteiger partial charge in [0.25, 0.3) is 5.91 Å². The lowest BCUT2D eigenvalue weighted by molar-refractivity contribution is -0.129. The molecule has 7 nitrogen and oxygen atoms in total. The normalized spacial score (nSPS) is 17.1. The van der Waals surface area contributed by atoms with Crippen molar-refractivity contribution in [2.75, 3.05) is 37.2 Å². The van der Waals surface area contributed by atoms with Crippen LogP contribution < -0.4 is 5.32 Å². The molecule has 0 atom stereocenters. The number of nitrogens with zero attached hydrogens (tertiary/aromatic N) is 2. The third kappa shape index (κ3) is 4.78. The van der Waals surface area contributed by atoms with Crippen LogP contribution in [0.25, 0.3) is 0 Å². The number of hydrogen-bond donors (Lipinski definition) is 1. The number of nitrogens with one attached hydrogen (secondary N) is 1. The summed E-state index contributed by atoms with van der Waals surface area (Å²) in [6.45, 7) is 2.75.